The first-order chi connectivity index (χ1) is 11.8. The largest absolute Gasteiger partial charge is 0.493 e. The van der Waals surface area contributed by atoms with Gasteiger partial charge in [-0.2, -0.15) is 0 Å². The van der Waals surface area contributed by atoms with Crippen molar-refractivity contribution in [3.63, 3.8) is 0 Å². The first kappa shape index (κ1) is 18.5. The molecule has 7 heteroatoms. The molecular weight excluding hydrogens is 344 g/mol. The highest BCUT2D eigenvalue weighted by Gasteiger charge is 2.13. The number of methoxy groups -OCH3 is 2. The number of aliphatic carboxylic acids is 1. The Morgan fingerprint density at radius 3 is 2.08 bits per heavy atom. The molecular formula is C18H18O6S. The molecule has 0 aliphatic heterocycles. The Hall–Kier alpha value is -2.80. The van der Waals surface area contributed by atoms with Crippen molar-refractivity contribution in [3.05, 3.63) is 53.6 Å². The van der Waals surface area contributed by atoms with Crippen LogP contribution in [0.2, 0.25) is 0 Å². The third-order valence-electron chi connectivity index (χ3n) is 3.54. The SMILES string of the molecule is COc1ccc(/C=C(/C(=O)O)c2ccc(S(C)(=O)=O)cc2)cc1OC. The Balaban J connectivity index is 2.48. The molecule has 0 aliphatic rings. The number of benzene rings is 2. The van der Waals surface area contributed by atoms with Crippen LogP contribution in [-0.4, -0.2) is 40.0 Å². The fourth-order valence-corrected chi connectivity index (χ4v) is 2.89. The number of sulfone groups is 1. The van der Waals surface area contributed by atoms with Crippen LogP contribution in [0.5, 0.6) is 11.5 Å². The minimum atomic E-state index is -3.34. The van der Waals surface area contributed by atoms with Crippen molar-refractivity contribution in [2.45, 2.75) is 4.90 Å². The van der Waals surface area contributed by atoms with E-state index in [1.807, 2.05) is 0 Å². The third kappa shape index (κ3) is 4.39. The van der Waals surface area contributed by atoms with E-state index in [2.05, 4.69) is 0 Å². The Bertz CT molecular complexity index is 911. The number of hydrogen-bond acceptors (Lipinski definition) is 5. The van der Waals surface area contributed by atoms with Gasteiger partial charge in [-0.25, -0.2) is 13.2 Å². The molecule has 0 heterocycles. The minimum Gasteiger partial charge on any atom is -0.493 e. The molecule has 0 amide bonds. The van der Waals surface area contributed by atoms with E-state index in [0.717, 1.165) is 6.26 Å². The van der Waals surface area contributed by atoms with Crippen LogP contribution in [0.3, 0.4) is 0 Å². The lowest BCUT2D eigenvalue weighted by molar-refractivity contribution is -0.130. The maximum Gasteiger partial charge on any atom is 0.336 e. The molecule has 0 unspecified atom stereocenters. The summed E-state index contributed by atoms with van der Waals surface area (Å²) >= 11 is 0. The van der Waals surface area contributed by atoms with E-state index >= 15 is 0 Å². The van der Waals surface area contributed by atoms with Gasteiger partial charge in [0.05, 0.1) is 24.7 Å². The summed E-state index contributed by atoms with van der Waals surface area (Å²) in [5.74, 6) is -0.107. The highest BCUT2D eigenvalue weighted by molar-refractivity contribution is 7.90. The Labute approximate surface area is 146 Å². The number of carbonyl (C=O) groups is 1. The van der Waals surface area contributed by atoms with Gasteiger partial charge >= 0.3 is 5.97 Å². The molecule has 0 atom stereocenters. The zero-order valence-electron chi connectivity index (χ0n) is 14.0. The van der Waals surface area contributed by atoms with Crippen LogP contribution in [0.15, 0.2) is 47.4 Å². The maximum absolute atomic E-state index is 11.6. The zero-order chi connectivity index (χ0) is 18.6. The van der Waals surface area contributed by atoms with Crippen LogP contribution in [0.1, 0.15) is 11.1 Å². The molecule has 132 valence electrons. The van der Waals surface area contributed by atoms with Crippen molar-refractivity contribution >= 4 is 27.5 Å². The average Bonchev–Trinajstić information content (AvgIpc) is 2.58. The zero-order valence-corrected chi connectivity index (χ0v) is 14.8. The van der Waals surface area contributed by atoms with Gasteiger partial charge < -0.3 is 14.6 Å². The predicted molar refractivity (Wildman–Crippen MR) is 94.6 cm³/mol. The monoisotopic (exact) mass is 362 g/mol. The van der Waals surface area contributed by atoms with Crippen LogP contribution < -0.4 is 9.47 Å². The highest BCUT2D eigenvalue weighted by atomic mass is 32.2. The van der Waals surface area contributed by atoms with Gasteiger partial charge in [0.2, 0.25) is 0 Å². The summed E-state index contributed by atoms with van der Waals surface area (Å²) in [7, 11) is -0.332. The third-order valence-corrected chi connectivity index (χ3v) is 4.67. The summed E-state index contributed by atoms with van der Waals surface area (Å²) in [6.07, 6.45) is 2.58. The van der Waals surface area contributed by atoms with Crippen molar-refractivity contribution in [3.8, 4) is 11.5 Å². The Kier molecular flexibility index (Phi) is 5.48. The quantitative estimate of drug-likeness (QED) is 0.628. The van der Waals surface area contributed by atoms with Gasteiger partial charge in [-0.05, 0) is 41.5 Å². The summed E-state index contributed by atoms with van der Waals surface area (Å²) in [5.41, 5.74) is 1.05. The summed E-state index contributed by atoms with van der Waals surface area (Å²) < 4.78 is 33.4. The molecule has 0 aromatic heterocycles. The molecule has 2 aromatic carbocycles. The number of carboxylic acid groups (broad SMARTS) is 1. The molecule has 2 rings (SSSR count). The van der Waals surface area contributed by atoms with Crippen LogP contribution >= 0.6 is 0 Å². The van der Waals surface area contributed by atoms with Crippen LogP contribution in [0.25, 0.3) is 11.6 Å². The topological polar surface area (TPSA) is 89.9 Å². The second-order valence-corrected chi connectivity index (χ2v) is 7.29. The molecule has 2 aromatic rings. The molecule has 0 bridgehead atoms. The summed E-state index contributed by atoms with van der Waals surface area (Å²) in [5, 5.41) is 9.50. The van der Waals surface area contributed by atoms with E-state index in [4.69, 9.17) is 9.47 Å². The lowest BCUT2D eigenvalue weighted by Gasteiger charge is -2.09. The second-order valence-electron chi connectivity index (χ2n) is 5.27. The van der Waals surface area contributed by atoms with Crippen molar-refractivity contribution in [2.24, 2.45) is 0 Å². The molecule has 0 radical (unpaired) electrons. The fraction of sp³-hybridized carbons (Fsp3) is 0.167. The standard InChI is InChI=1S/C18H18O6S/c1-23-16-9-4-12(11-17(16)24-2)10-15(18(19)20)13-5-7-14(8-6-13)25(3,21)22/h4-11H,1-3H3,(H,19,20)/b15-10+. The lowest BCUT2D eigenvalue weighted by atomic mass is 10.0. The summed E-state index contributed by atoms with van der Waals surface area (Å²) in [6, 6.07) is 10.7. The van der Waals surface area contributed by atoms with E-state index < -0.39 is 15.8 Å². The van der Waals surface area contributed by atoms with Crippen molar-refractivity contribution in [2.75, 3.05) is 20.5 Å². The van der Waals surface area contributed by atoms with E-state index in [-0.39, 0.29) is 10.5 Å². The molecule has 0 fully saturated rings. The molecule has 0 saturated carbocycles. The van der Waals surface area contributed by atoms with Gasteiger partial charge in [0.1, 0.15) is 0 Å². The minimum absolute atomic E-state index is 0.0345. The van der Waals surface area contributed by atoms with E-state index in [0.29, 0.717) is 22.6 Å². The number of carboxylic acids is 1. The van der Waals surface area contributed by atoms with Gasteiger partial charge in [0.25, 0.3) is 0 Å². The van der Waals surface area contributed by atoms with Gasteiger partial charge in [0, 0.05) is 6.26 Å². The number of rotatable bonds is 6. The van der Waals surface area contributed by atoms with Crippen LogP contribution in [0.4, 0.5) is 0 Å². The predicted octanol–water partition coefficient (Wildman–Crippen LogP) is 2.73. The van der Waals surface area contributed by atoms with E-state index in [1.165, 1.54) is 44.6 Å². The van der Waals surface area contributed by atoms with Crippen molar-refractivity contribution < 1.29 is 27.8 Å². The normalized spacial score (nSPS) is 11.9. The van der Waals surface area contributed by atoms with E-state index in [9.17, 15) is 18.3 Å². The molecule has 0 saturated heterocycles. The molecule has 0 spiro atoms. The molecule has 0 aliphatic carbocycles. The molecule has 1 N–H and O–H groups in total. The Morgan fingerprint density at radius 1 is 1.00 bits per heavy atom. The molecule has 25 heavy (non-hydrogen) atoms. The highest BCUT2D eigenvalue weighted by Crippen LogP contribution is 2.29. The summed E-state index contributed by atoms with van der Waals surface area (Å²) in [6.45, 7) is 0. The first-order valence-corrected chi connectivity index (χ1v) is 9.13. The smallest absolute Gasteiger partial charge is 0.336 e. The number of hydrogen-bond donors (Lipinski definition) is 1. The molecule has 6 nitrogen and oxygen atoms in total. The van der Waals surface area contributed by atoms with Gasteiger partial charge in [-0.15, -0.1) is 0 Å². The maximum atomic E-state index is 11.6. The van der Waals surface area contributed by atoms with Crippen molar-refractivity contribution in [1.29, 1.82) is 0 Å². The van der Waals surface area contributed by atoms with Crippen molar-refractivity contribution in [1.82, 2.24) is 0 Å². The average molecular weight is 362 g/mol. The first-order valence-electron chi connectivity index (χ1n) is 7.23. The van der Waals surface area contributed by atoms with Gasteiger partial charge in [-0.3, -0.25) is 0 Å². The number of ether oxygens (including phenoxy) is 2. The van der Waals surface area contributed by atoms with Gasteiger partial charge in [0.15, 0.2) is 21.3 Å². The Morgan fingerprint density at radius 2 is 1.60 bits per heavy atom. The van der Waals surface area contributed by atoms with Crippen LogP contribution in [-0.2, 0) is 14.6 Å². The van der Waals surface area contributed by atoms with Crippen LogP contribution in [0, 0.1) is 0 Å². The fourth-order valence-electron chi connectivity index (χ4n) is 2.26. The summed E-state index contributed by atoms with van der Waals surface area (Å²) in [4.78, 5) is 11.8. The van der Waals surface area contributed by atoms with E-state index in [1.54, 1.807) is 18.2 Å². The van der Waals surface area contributed by atoms with Gasteiger partial charge in [-0.1, -0.05) is 18.2 Å². The second kappa shape index (κ2) is 7.40. The lowest BCUT2D eigenvalue weighted by Crippen LogP contribution is -2.01.